The summed E-state index contributed by atoms with van der Waals surface area (Å²) in [6.07, 6.45) is 0. The minimum Gasteiger partial charge on any atom is -0.478 e. The van der Waals surface area contributed by atoms with Crippen molar-refractivity contribution < 1.29 is 18.7 Å². The van der Waals surface area contributed by atoms with E-state index in [2.05, 4.69) is 0 Å². The Balaban J connectivity index is 2.43. The molecule has 6 heteroatoms. The quantitative estimate of drug-likeness (QED) is 0.909. The molecule has 0 radical (unpaired) electrons. The van der Waals surface area contributed by atoms with Gasteiger partial charge in [0.1, 0.15) is 11.6 Å². The molecule has 0 spiro atoms. The van der Waals surface area contributed by atoms with E-state index in [9.17, 15) is 13.6 Å². The van der Waals surface area contributed by atoms with Gasteiger partial charge in [-0.05, 0) is 36.4 Å². The fraction of sp³-hybridized carbons (Fsp3) is 0. The Morgan fingerprint density at radius 3 is 2.53 bits per heavy atom. The summed E-state index contributed by atoms with van der Waals surface area (Å²) in [5, 5.41) is 9.32. The van der Waals surface area contributed by atoms with Crippen molar-refractivity contribution in [2.75, 3.05) is 0 Å². The monoisotopic (exact) mass is 300 g/mol. The molecule has 2 rings (SSSR count). The lowest BCUT2D eigenvalue weighted by atomic mass is 10.2. The molecule has 2 nitrogen and oxygen atoms in total. The molecular weight excluding hydrogens is 294 g/mol. The molecule has 2 aromatic carbocycles. The molecule has 0 aromatic heterocycles. The molecule has 0 saturated carbocycles. The van der Waals surface area contributed by atoms with E-state index in [4.69, 9.17) is 16.7 Å². The molecular formula is C13H7ClF2O2S. The Morgan fingerprint density at radius 1 is 1.11 bits per heavy atom. The first-order chi connectivity index (χ1) is 8.97. The van der Waals surface area contributed by atoms with Gasteiger partial charge in [0.15, 0.2) is 0 Å². The first kappa shape index (κ1) is 13.8. The van der Waals surface area contributed by atoms with Crippen LogP contribution in [0, 0.1) is 11.6 Å². The van der Waals surface area contributed by atoms with Gasteiger partial charge in [-0.25, -0.2) is 13.6 Å². The summed E-state index contributed by atoms with van der Waals surface area (Å²) in [5.74, 6) is -2.38. The van der Waals surface area contributed by atoms with Crippen molar-refractivity contribution in [2.24, 2.45) is 0 Å². The highest BCUT2D eigenvalue weighted by Gasteiger charge is 2.14. The molecule has 0 aliphatic carbocycles. The molecule has 0 amide bonds. The van der Waals surface area contributed by atoms with Crippen molar-refractivity contribution in [1.82, 2.24) is 0 Å². The van der Waals surface area contributed by atoms with Crippen LogP contribution in [0.15, 0.2) is 46.2 Å². The summed E-state index contributed by atoms with van der Waals surface area (Å²) in [5.41, 5.74) is -0.0545. The van der Waals surface area contributed by atoms with E-state index in [1.165, 1.54) is 18.2 Å². The third-order valence-electron chi connectivity index (χ3n) is 2.29. The van der Waals surface area contributed by atoms with E-state index in [1.54, 1.807) is 0 Å². The Morgan fingerprint density at radius 2 is 1.84 bits per heavy atom. The number of carboxylic acids is 1. The Kier molecular flexibility index (Phi) is 4.07. The van der Waals surface area contributed by atoms with Crippen LogP contribution in [-0.4, -0.2) is 11.1 Å². The standard InChI is InChI=1S/C13H7ClF2O2S/c14-7-1-4-11(9(5-7)13(17)18)19-12-6-8(15)2-3-10(12)16/h1-6H,(H,17,18). The number of rotatable bonds is 3. The second kappa shape index (κ2) is 5.59. The molecule has 0 saturated heterocycles. The highest BCUT2D eigenvalue weighted by atomic mass is 35.5. The van der Waals surface area contributed by atoms with E-state index in [1.807, 2.05) is 0 Å². The maximum Gasteiger partial charge on any atom is 0.336 e. The number of carbonyl (C=O) groups is 1. The van der Waals surface area contributed by atoms with E-state index < -0.39 is 17.6 Å². The van der Waals surface area contributed by atoms with Crippen LogP contribution in [0.5, 0.6) is 0 Å². The van der Waals surface area contributed by atoms with Crippen LogP contribution in [0.2, 0.25) is 5.02 Å². The summed E-state index contributed by atoms with van der Waals surface area (Å²) in [6.45, 7) is 0. The van der Waals surface area contributed by atoms with Gasteiger partial charge in [0, 0.05) is 9.92 Å². The van der Waals surface area contributed by atoms with Crippen LogP contribution in [0.1, 0.15) is 10.4 Å². The van der Waals surface area contributed by atoms with Crippen molar-refractivity contribution in [3.05, 3.63) is 58.6 Å². The number of aromatic carboxylic acids is 1. The van der Waals surface area contributed by atoms with Gasteiger partial charge in [-0.1, -0.05) is 23.4 Å². The Bertz CT molecular complexity index is 647. The van der Waals surface area contributed by atoms with Crippen molar-refractivity contribution in [1.29, 1.82) is 0 Å². The highest BCUT2D eigenvalue weighted by Crippen LogP contribution is 2.33. The molecule has 19 heavy (non-hydrogen) atoms. The van der Waals surface area contributed by atoms with Gasteiger partial charge in [0.05, 0.1) is 10.5 Å². The van der Waals surface area contributed by atoms with Crippen molar-refractivity contribution >= 4 is 29.3 Å². The third-order valence-corrected chi connectivity index (χ3v) is 3.63. The summed E-state index contributed by atoms with van der Waals surface area (Å²) in [6, 6.07) is 7.23. The van der Waals surface area contributed by atoms with Crippen LogP contribution in [0.25, 0.3) is 0 Å². The maximum absolute atomic E-state index is 13.5. The second-order valence-corrected chi connectivity index (χ2v) is 5.14. The van der Waals surface area contributed by atoms with Crippen molar-refractivity contribution in [3.8, 4) is 0 Å². The molecule has 1 N–H and O–H groups in total. The van der Waals surface area contributed by atoms with E-state index >= 15 is 0 Å². The third kappa shape index (κ3) is 3.24. The summed E-state index contributed by atoms with van der Waals surface area (Å²) in [4.78, 5) is 11.4. The van der Waals surface area contributed by atoms with Crippen LogP contribution in [0.4, 0.5) is 8.78 Å². The molecule has 0 aliphatic rings. The average molecular weight is 301 g/mol. The smallest absolute Gasteiger partial charge is 0.336 e. The van der Waals surface area contributed by atoms with E-state index in [0.717, 1.165) is 30.0 Å². The zero-order valence-electron chi connectivity index (χ0n) is 9.36. The van der Waals surface area contributed by atoms with Crippen LogP contribution >= 0.6 is 23.4 Å². The first-order valence-electron chi connectivity index (χ1n) is 5.13. The second-order valence-electron chi connectivity index (χ2n) is 3.62. The number of hydrogen-bond acceptors (Lipinski definition) is 2. The van der Waals surface area contributed by atoms with Crippen molar-refractivity contribution in [2.45, 2.75) is 9.79 Å². The average Bonchev–Trinajstić information content (AvgIpc) is 2.35. The predicted molar refractivity (Wildman–Crippen MR) is 68.9 cm³/mol. The van der Waals surface area contributed by atoms with Crippen molar-refractivity contribution in [3.63, 3.8) is 0 Å². The SMILES string of the molecule is O=C(O)c1cc(Cl)ccc1Sc1cc(F)ccc1F. The lowest BCUT2D eigenvalue weighted by Crippen LogP contribution is -1.99. The molecule has 0 fully saturated rings. The summed E-state index contributed by atoms with van der Waals surface area (Å²) in [7, 11) is 0. The lowest BCUT2D eigenvalue weighted by Gasteiger charge is -2.07. The van der Waals surface area contributed by atoms with Gasteiger partial charge in [-0.3, -0.25) is 0 Å². The normalized spacial score (nSPS) is 10.5. The molecule has 0 aliphatic heterocycles. The van der Waals surface area contributed by atoms with Gasteiger partial charge < -0.3 is 5.11 Å². The minimum atomic E-state index is -1.18. The fourth-order valence-electron chi connectivity index (χ4n) is 1.43. The zero-order chi connectivity index (χ0) is 14.0. The number of carboxylic acid groups (broad SMARTS) is 1. The van der Waals surface area contributed by atoms with Gasteiger partial charge in [0.2, 0.25) is 0 Å². The minimum absolute atomic E-state index is 0.0184. The summed E-state index contributed by atoms with van der Waals surface area (Å²) >= 11 is 6.55. The fourth-order valence-corrected chi connectivity index (χ4v) is 2.57. The topological polar surface area (TPSA) is 37.3 Å². The van der Waals surface area contributed by atoms with Crippen LogP contribution in [-0.2, 0) is 0 Å². The zero-order valence-corrected chi connectivity index (χ0v) is 10.9. The van der Waals surface area contributed by atoms with Crippen LogP contribution in [0.3, 0.4) is 0 Å². The number of benzene rings is 2. The molecule has 2 aromatic rings. The summed E-state index contributed by atoms with van der Waals surface area (Å²) < 4.78 is 26.6. The molecule has 0 unspecified atom stereocenters. The maximum atomic E-state index is 13.5. The van der Waals surface area contributed by atoms with E-state index in [0.29, 0.717) is 4.90 Å². The Labute approximate surface area is 117 Å². The molecule has 0 atom stereocenters. The van der Waals surface area contributed by atoms with E-state index in [-0.39, 0.29) is 15.5 Å². The molecule has 98 valence electrons. The number of halogens is 3. The predicted octanol–water partition coefficient (Wildman–Crippen LogP) is 4.47. The first-order valence-corrected chi connectivity index (χ1v) is 6.32. The largest absolute Gasteiger partial charge is 0.478 e. The molecule has 0 heterocycles. The number of hydrogen-bond donors (Lipinski definition) is 1. The van der Waals surface area contributed by atoms with Gasteiger partial charge >= 0.3 is 5.97 Å². The van der Waals surface area contributed by atoms with Gasteiger partial charge in [-0.15, -0.1) is 0 Å². The highest BCUT2D eigenvalue weighted by molar-refractivity contribution is 7.99. The Hall–Kier alpha value is -1.59. The lowest BCUT2D eigenvalue weighted by molar-refractivity contribution is 0.0693. The van der Waals surface area contributed by atoms with Crippen LogP contribution < -0.4 is 0 Å². The van der Waals surface area contributed by atoms with Gasteiger partial charge in [-0.2, -0.15) is 0 Å². The van der Waals surface area contributed by atoms with Gasteiger partial charge in [0.25, 0.3) is 0 Å². The molecule has 0 bridgehead atoms.